The zero-order valence-electron chi connectivity index (χ0n) is 14.7. The summed E-state index contributed by atoms with van der Waals surface area (Å²) in [6, 6.07) is -0.634. The maximum atomic E-state index is 11.4. The number of hydrogen-bond donors (Lipinski definition) is 7. The molecule has 148 valence electrons. The Morgan fingerprint density at radius 2 is 1.96 bits per heavy atom. The van der Waals surface area contributed by atoms with E-state index >= 15 is 0 Å². The third-order valence-corrected chi connectivity index (χ3v) is 3.06. The molecule has 1 heterocycles. The maximum absolute atomic E-state index is 11.4. The molecule has 0 bridgehead atoms. The molecule has 0 saturated heterocycles. The summed E-state index contributed by atoms with van der Waals surface area (Å²) in [5.74, 6) is -2.29. The Kier molecular flexibility index (Phi) is 9.51. The topological polar surface area (TPSA) is 210 Å². The van der Waals surface area contributed by atoms with E-state index in [9.17, 15) is 19.5 Å². The van der Waals surface area contributed by atoms with Crippen LogP contribution in [0.3, 0.4) is 0 Å². The highest BCUT2D eigenvalue weighted by Crippen LogP contribution is 2.24. The SMILES string of the molecule is CNC(=O)OC(C(C)O)C1OC(C(=O)O)=CCC1NC(C)=O.N=C(N)N. The molecular weight excluding hydrogens is 350 g/mol. The van der Waals surface area contributed by atoms with E-state index in [0.717, 1.165) is 0 Å². The van der Waals surface area contributed by atoms with Gasteiger partial charge in [-0.05, 0) is 19.4 Å². The van der Waals surface area contributed by atoms with Crippen LogP contribution in [0, 0.1) is 5.41 Å². The van der Waals surface area contributed by atoms with Crippen molar-refractivity contribution < 1.29 is 34.1 Å². The number of aliphatic carboxylic acids is 1. The molecule has 4 unspecified atom stereocenters. The number of carbonyl (C=O) groups is 3. The Hall–Kier alpha value is -3.02. The fraction of sp³-hybridized carbons (Fsp3) is 0.571. The van der Waals surface area contributed by atoms with E-state index in [1.165, 1.54) is 27.0 Å². The van der Waals surface area contributed by atoms with Gasteiger partial charge in [0, 0.05) is 14.0 Å². The van der Waals surface area contributed by atoms with Crippen molar-refractivity contribution in [2.75, 3.05) is 7.05 Å². The number of nitrogens with one attached hydrogen (secondary N) is 3. The molecule has 9 N–H and O–H groups in total. The summed E-state index contributed by atoms with van der Waals surface area (Å²) < 4.78 is 10.4. The lowest BCUT2D eigenvalue weighted by atomic mass is 9.96. The van der Waals surface area contributed by atoms with Crippen LogP contribution in [-0.4, -0.2) is 65.5 Å². The predicted octanol–water partition coefficient (Wildman–Crippen LogP) is -1.81. The summed E-state index contributed by atoms with van der Waals surface area (Å²) in [7, 11) is 1.34. The highest BCUT2D eigenvalue weighted by molar-refractivity contribution is 5.84. The molecule has 0 spiro atoms. The summed E-state index contributed by atoms with van der Waals surface area (Å²) in [5, 5.41) is 29.7. The lowest BCUT2D eigenvalue weighted by molar-refractivity contribution is -0.143. The van der Waals surface area contributed by atoms with Gasteiger partial charge >= 0.3 is 12.1 Å². The molecule has 1 aliphatic heterocycles. The van der Waals surface area contributed by atoms with Gasteiger partial charge in [0.05, 0.1) is 12.1 Å². The third kappa shape index (κ3) is 8.19. The van der Waals surface area contributed by atoms with E-state index in [0.29, 0.717) is 0 Å². The molecule has 12 nitrogen and oxygen atoms in total. The van der Waals surface area contributed by atoms with Crippen LogP contribution in [-0.2, 0) is 19.1 Å². The fourth-order valence-electron chi connectivity index (χ4n) is 2.10. The molecule has 2 amide bonds. The first-order valence-corrected chi connectivity index (χ1v) is 7.52. The lowest BCUT2D eigenvalue weighted by Gasteiger charge is -2.37. The number of hydrogen-bond acceptors (Lipinski definition) is 7. The van der Waals surface area contributed by atoms with Crippen molar-refractivity contribution in [2.45, 2.75) is 44.6 Å². The number of ether oxygens (including phenoxy) is 2. The quantitative estimate of drug-likeness (QED) is 0.213. The predicted molar refractivity (Wildman–Crippen MR) is 89.9 cm³/mol. The van der Waals surface area contributed by atoms with Crippen LogP contribution in [0.4, 0.5) is 4.79 Å². The molecule has 0 aromatic heterocycles. The number of aliphatic hydroxyl groups is 1. The minimum Gasteiger partial charge on any atom is -0.477 e. The van der Waals surface area contributed by atoms with E-state index < -0.39 is 36.4 Å². The second-order valence-electron chi connectivity index (χ2n) is 5.31. The van der Waals surface area contributed by atoms with Gasteiger partial charge in [0.15, 0.2) is 18.2 Å². The third-order valence-electron chi connectivity index (χ3n) is 3.06. The van der Waals surface area contributed by atoms with Crippen molar-refractivity contribution >= 4 is 23.9 Å². The van der Waals surface area contributed by atoms with Crippen LogP contribution in [0.5, 0.6) is 0 Å². The molecule has 0 saturated carbocycles. The van der Waals surface area contributed by atoms with Crippen molar-refractivity contribution in [1.82, 2.24) is 10.6 Å². The van der Waals surface area contributed by atoms with E-state index in [1.54, 1.807) is 0 Å². The fourth-order valence-corrected chi connectivity index (χ4v) is 2.10. The normalized spacial score (nSPS) is 20.7. The maximum Gasteiger partial charge on any atom is 0.407 e. The van der Waals surface area contributed by atoms with Crippen molar-refractivity contribution in [2.24, 2.45) is 11.5 Å². The van der Waals surface area contributed by atoms with Gasteiger partial charge in [0.25, 0.3) is 0 Å². The molecular formula is C14H25N5O7. The molecule has 12 heteroatoms. The molecule has 4 atom stereocenters. The van der Waals surface area contributed by atoms with Crippen molar-refractivity contribution in [3.63, 3.8) is 0 Å². The minimum absolute atomic E-state index is 0.173. The number of nitrogens with two attached hydrogens (primary N) is 2. The first kappa shape index (κ1) is 23.0. The average Bonchev–Trinajstić information content (AvgIpc) is 2.51. The van der Waals surface area contributed by atoms with Crippen LogP contribution in [0.2, 0.25) is 0 Å². The number of carboxylic acids is 1. The molecule has 1 rings (SSSR count). The van der Waals surface area contributed by atoms with Gasteiger partial charge in [0.2, 0.25) is 11.7 Å². The lowest BCUT2D eigenvalue weighted by Crippen LogP contribution is -2.55. The second-order valence-corrected chi connectivity index (χ2v) is 5.31. The van der Waals surface area contributed by atoms with Gasteiger partial charge in [-0.15, -0.1) is 0 Å². The smallest absolute Gasteiger partial charge is 0.407 e. The number of carbonyl (C=O) groups excluding carboxylic acids is 2. The van der Waals surface area contributed by atoms with Crippen LogP contribution in [0.25, 0.3) is 0 Å². The van der Waals surface area contributed by atoms with Gasteiger partial charge in [-0.2, -0.15) is 0 Å². The Balaban J connectivity index is 0.00000141. The van der Waals surface area contributed by atoms with Crippen LogP contribution in [0.1, 0.15) is 20.3 Å². The van der Waals surface area contributed by atoms with Crippen LogP contribution < -0.4 is 22.1 Å². The molecule has 1 aliphatic rings. The Morgan fingerprint density at radius 1 is 1.42 bits per heavy atom. The molecule has 0 radical (unpaired) electrons. The summed E-state index contributed by atoms with van der Waals surface area (Å²) >= 11 is 0. The number of alkyl carbamates (subject to hydrolysis) is 1. The van der Waals surface area contributed by atoms with Gasteiger partial charge in [-0.25, -0.2) is 9.59 Å². The molecule has 0 fully saturated rings. The van der Waals surface area contributed by atoms with E-state index in [-0.39, 0.29) is 24.0 Å². The highest BCUT2D eigenvalue weighted by Gasteiger charge is 2.41. The number of guanidine groups is 1. The standard InChI is InChI=1S/C13H20N2O7.CH5N3/c1-6(16)10(22-13(20)14-3)11-8(15-7(2)17)4-5-9(21-11)12(18)19;2-1(3)4/h5-6,8,10-11,16H,4H2,1-3H3,(H,14,20)(H,15,17)(H,18,19);(H5,2,3,4). The molecule has 0 aliphatic carbocycles. The van der Waals surface area contributed by atoms with E-state index in [4.69, 9.17) is 20.0 Å². The second kappa shape index (κ2) is 10.8. The number of amides is 2. The number of aliphatic hydroxyl groups excluding tert-OH is 1. The summed E-state index contributed by atoms with van der Waals surface area (Å²) in [6.45, 7) is 2.67. The molecule has 0 aromatic carbocycles. The first-order valence-electron chi connectivity index (χ1n) is 7.52. The van der Waals surface area contributed by atoms with Crippen molar-refractivity contribution in [3.05, 3.63) is 11.8 Å². The molecule has 26 heavy (non-hydrogen) atoms. The van der Waals surface area contributed by atoms with Gasteiger partial charge in [-0.3, -0.25) is 10.2 Å². The summed E-state index contributed by atoms with van der Waals surface area (Å²) in [6.07, 6.45) is -2.63. The van der Waals surface area contributed by atoms with Crippen LogP contribution >= 0.6 is 0 Å². The summed E-state index contributed by atoms with van der Waals surface area (Å²) in [5.41, 5.74) is 8.94. The minimum atomic E-state index is -1.28. The van der Waals surface area contributed by atoms with Gasteiger partial charge in [0.1, 0.15) is 0 Å². The van der Waals surface area contributed by atoms with Crippen molar-refractivity contribution in [1.29, 1.82) is 5.41 Å². The van der Waals surface area contributed by atoms with E-state index in [2.05, 4.69) is 22.1 Å². The average molecular weight is 375 g/mol. The molecule has 0 aromatic rings. The van der Waals surface area contributed by atoms with Crippen LogP contribution in [0.15, 0.2) is 11.8 Å². The zero-order chi connectivity index (χ0) is 20.4. The first-order chi connectivity index (χ1) is 12.0. The van der Waals surface area contributed by atoms with Gasteiger partial charge < -0.3 is 41.8 Å². The Bertz CT molecular complexity index is 560. The van der Waals surface area contributed by atoms with Gasteiger partial charge in [-0.1, -0.05) is 0 Å². The largest absolute Gasteiger partial charge is 0.477 e. The number of carboxylic acid groups (broad SMARTS) is 1. The van der Waals surface area contributed by atoms with E-state index in [1.807, 2.05) is 0 Å². The Labute approximate surface area is 150 Å². The Morgan fingerprint density at radius 3 is 2.35 bits per heavy atom. The number of rotatable bonds is 5. The zero-order valence-corrected chi connectivity index (χ0v) is 14.7. The summed E-state index contributed by atoms with van der Waals surface area (Å²) in [4.78, 5) is 33.7. The van der Waals surface area contributed by atoms with Crippen molar-refractivity contribution in [3.8, 4) is 0 Å². The highest BCUT2D eigenvalue weighted by atomic mass is 16.6. The monoisotopic (exact) mass is 375 g/mol.